The van der Waals surface area contributed by atoms with E-state index in [9.17, 15) is 4.79 Å². The normalized spacial score (nSPS) is 21.7. The first-order valence-corrected chi connectivity index (χ1v) is 12.9. The van der Waals surface area contributed by atoms with Crippen LogP contribution in [0.15, 0.2) is 75.2 Å². The number of carbonyl (C=O) groups is 1. The van der Waals surface area contributed by atoms with Gasteiger partial charge in [-0.2, -0.15) is 0 Å². The summed E-state index contributed by atoms with van der Waals surface area (Å²) in [5.74, 6) is 0.983. The molecule has 1 aromatic heterocycles. The molecule has 0 radical (unpaired) electrons. The van der Waals surface area contributed by atoms with Crippen LogP contribution in [0, 0.1) is 0 Å². The van der Waals surface area contributed by atoms with E-state index in [4.69, 9.17) is 21.0 Å². The van der Waals surface area contributed by atoms with E-state index in [0.29, 0.717) is 33.3 Å². The molecule has 0 spiro atoms. The van der Waals surface area contributed by atoms with Crippen LogP contribution in [0.1, 0.15) is 50.0 Å². The van der Waals surface area contributed by atoms with Gasteiger partial charge in [0, 0.05) is 23.3 Å². The molecule has 2 aromatic carbocycles. The van der Waals surface area contributed by atoms with Crippen molar-refractivity contribution in [2.75, 3.05) is 11.9 Å². The van der Waals surface area contributed by atoms with E-state index in [1.54, 1.807) is 11.2 Å². The van der Waals surface area contributed by atoms with E-state index >= 15 is 0 Å². The lowest BCUT2D eigenvalue weighted by molar-refractivity contribution is -0.122. The third kappa shape index (κ3) is 4.65. The van der Waals surface area contributed by atoms with Crippen molar-refractivity contribution in [3.05, 3.63) is 87.7 Å². The summed E-state index contributed by atoms with van der Waals surface area (Å²) >= 11 is 8.12. The molecule has 2 aliphatic heterocycles. The van der Waals surface area contributed by atoms with Crippen LogP contribution < -0.4 is 4.90 Å². The average Bonchev–Trinajstić information content (AvgIpc) is 3.43. The van der Waals surface area contributed by atoms with Gasteiger partial charge in [0.2, 0.25) is 0 Å². The Morgan fingerprint density at radius 2 is 1.97 bits per heavy atom. The van der Waals surface area contributed by atoms with Gasteiger partial charge in [-0.3, -0.25) is 9.69 Å². The van der Waals surface area contributed by atoms with Crippen LogP contribution in [-0.2, 0) is 11.3 Å². The number of para-hydroxylation sites is 1. The van der Waals surface area contributed by atoms with Crippen molar-refractivity contribution in [2.24, 2.45) is 4.99 Å². The zero-order valence-electron chi connectivity index (χ0n) is 20.3. The average molecular weight is 506 g/mol. The van der Waals surface area contributed by atoms with Gasteiger partial charge in [-0.1, -0.05) is 36.7 Å². The molecular weight excluding hydrogens is 478 g/mol. The van der Waals surface area contributed by atoms with Gasteiger partial charge in [0.15, 0.2) is 5.17 Å². The maximum Gasteiger partial charge on any atom is 0.267 e. The summed E-state index contributed by atoms with van der Waals surface area (Å²) in [7, 11) is 2.12. The predicted octanol–water partition coefficient (Wildman–Crippen LogP) is 7.46. The molecule has 1 saturated heterocycles. The Morgan fingerprint density at radius 3 is 2.69 bits per heavy atom. The van der Waals surface area contributed by atoms with E-state index in [1.807, 2.05) is 54.6 Å². The van der Waals surface area contributed by atoms with Gasteiger partial charge in [-0.25, -0.2) is 4.99 Å². The minimum absolute atomic E-state index is 0.0577. The minimum Gasteiger partial charge on any atom is -0.467 e. The van der Waals surface area contributed by atoms with Crippen LogP contribution in [0.2, 0.25) is 5.02 Å². The molecule has 5 rings (SSSR count). The van der Waals surface area contributed by atoms with E-state index in [0.717, 1.165) is 23.4 Å². The SMILES string of the molecule is CC1CC(C)(C)N(C)c2cc(Cl)c(/C=C3/SC(=Nc4ccccc4)N(Cc4ccco4)C3=O)cc21. The lowest BCUT2D eigenvalue weighted by atomic mass is 9.80. The quantitative estimate of drug-likeness (QED) is 0.345. The number of carbonyl (C=O) groups excluding carboxylic acids is 1. The molecule has 0 N–H and O–H groups in total. The summed E-state index contributed by atoms with van der Waals surface area (Å²) in [6.07, 6.45) is 4.55. The van der Waals surface area contributed by atoms with Gasteiger partial charge in [-0.15, -0.1) is 0 Å². The Hall–Kier alpha value is -2.96. The number of anilines is 1. The second kappa shape index (κ2) is 9.25. The highest BCUT2D eigenvalue weighted by molar-refractivity contribution is 8.18. The van der Waals surface area contributed by atoms with Gasteiger partial charge >= 0.3 is 0 Å². The van der Waals surface area contributed by atoms with Crippen LogP contribution in [0.25, 0.3) is 6.08 Å². The summed E-state index contributed by atoms with van der Waals surface area (Å²) in [6.45, 7) is 7.08. The fourth-order valence-corrected chi connectivity index (χ4v) is 5.96. The largest absolute Gasteiger partial charge is 0.467 e. The van der Waals surface area contributed by atoms with Gasteiger partial charge in [0.1, 0.15) is 5.76 Å². The highest BCUT2D eigenvalue weighted by atomic mass is 35.5. The first kappa shape index (κ1) is 23.8. The number of halogens is 1. The summed E-state index contributed by atoms with van der Waals surface area (Å²) in [5.41, 5.74) is 4.10. The monoisotopic (exact) mass is 505 g/mol. The highest BCUT2D eigenvalue weighted by Crippen LogP contribution is 2.45. The van der Waals surface area contributed by atoms with Crippen LogP contribution in [0.3, 0.4) is 0 Å². The number of amides is 1. The molecule has 0 saturated carbocycles. The minimum atomic E-state index is -0.110. The Morgan fingerprint density at radius 1 is 1.20 bits per heavy atom. The Bertz CT molecular complexity index is 1320. The molecular formula is C28H28ClN3O2S. The van der Waals surface area contributed by atoms with Crippen molar-refractivity contribution in [3.8, 4) is 0 Å². The summed E-state index contributed by atoms with van der Waals surface area (Å²) in [6, 6.07) is 17.5. The number of thioether (sulfide) groups is 1. The Kier molecular flexibility index (Phi) is 6.28. The number of hydrogen-bond acceptors (Lipinski definition) is 5. The fraction of sp³-hybridized carbons (Fsp3) is 0.286. The molecule has 2 aliphatic rings. The molecule has 0 bridgehead atoms. The first-order chi connectivity index (χ1) is 16.7. The van der Waals surface area contributed by atoms with Gasteiger partial charge in [0.25, 0.3) is 5.91 Å². The molecule has 35 heavy (non-hydrogen) atoms. The molecule has 5 nitrogen and oxygen atoms in total. The molecule has 7 heteroatoms. The van der Waals surface area contributed by atoms with Crippen molar-refractivity contribution in [3.63, 3.8) is 0 Å². The first-order valence-electron chi connectivity index (χ1n) is 11.7. The van der Waals surface area contributed by atoms with Crippen molar-refractivity contribution in [1.82, 2.24) is 4.90 Å². The number of benzene rings is 2. The summed E-state index contributed by atoms with van der Waals surface area (Å²) in [4.78, 5) is 22.8. The number of rotatable bonds is 4. The van der Waals surface area contributed by atoms with Crippen LogP contribution in [0.5, 0.6) is 0 Å². The maximum atomic E-state index is 13.5. The Labute approximate surface area is 215 Å². The third-order valence-corrected chi connectivity index (χ3v) is 8.14. The van der Waals surface area contributed by atoms with Crippen LogP contribution in [-0.4, -0.2) is 28.6 Å². The van der Waals surface area contributed by atoms with Crippen LogP contribution >= 0.6 is 23.4 Å². The van der Waals surface area contributed by atoms with Gasteiger partial charge in [-0.05, 0) is 91.5 Å². The summed E-state index contributed by atoms with van der Waals surface area (Å²) < 4.78 is 5.51. The lowest BCUT2D eigenvalue weighted by Crippen LogP contribution is -2.45. The smallest absolute Gasteiger partial charge is 0.267 e. The Balaban J connectivity index is 1.53. The zero-order chi connectivity index (χ0) is 24.7. The maximum absolute atomic E-state index is 13.5. The van der Waals surface area contributed by atoms with Crippen molar-refractivity contribution in [2.45, 2.75) is 45.2 Å². The predicted molar refractivity (Wildman–Crippen MR) is 145 cm³/mol. The van der Waals surface area contributed by atoms with E-state index < -0.39 is 0 Å². The number of furan rings is 1. The summed E-state index contributed by atoms with van der Waals surface area (Å²) in [5, 5.41) is 1.25. The molecule has 1 atom stereocenters. The highest BCUT2D eigenvalue weighted by Gasteiger charge is 2.36. The van der Waals surface area contributed by atoms with Crippen molar-refractivity contribution < 1.29 is 9.21 Å². The number of hydrogen-bond donors (Lipinski definition) is 0. The molecule has 1 amide bonds. The van der Waals surface area contributed by atoms with Gasteiger partial charge < -0.3 is 9.32 Å². The number of nitrogens with zero attached hydrogens (tertiary/aromatic N) is 3. The van der Waals surface area contributed by atoms with E-state index in [-0.39, 0.29) is 11.4 Å². The molecule has 1 unspecified atom stereocenters. The molecule has 1 fully saturated rings. The molecule has 180 valence electrons. The van der Waals surface area contributed by atoms with Crippen molar-refractivity contribution >= 4 is 51.9 Å². The zero-order valence-corrected chi connectivity index (χ0v) is 21.9. The van der Waals surface area contributed by atoms with Crippen molar-refractivity contribution in [1.29, 1.82) is 0 Å². The molecule has 0 aliphatic carbocycles. The topological polar surface area (TPSA) is 49.0 Å². The molecule has 3 aromatic rings. The number of fused-ring (bicyclic) bond motifs is 1. The fourth-order valence-electron chi connectivity index (χ4n) is 4.76. The van der Waals surface area contributed by atoms with E-state index in [1.165, 1.54) is 17.3 Å². The van der Waals surface area contributed by atoms with Gasteiger partial charge in [0.05, 0.1) is 23.4 Å². The number of aliphatic imine (C=N–C) groups is 1. The standard InChI is InChI=1S/C28H28ClN3O2S/c1-18-16-28(2,3)31(4)24-15-23(29)19(13-22(18)24)14-25-26(33)32(17-21-11-8-12-34-21)27(35-25)30-20-9-6-5-7-10-20/h5-15,18H,16-17H2,1-4H3/b25-14+,30-27?. The van der Waals surface area contributed by atoms with Crippen LogP contribution in [0.4, 0.5) is 11.4 Å². The third-order valence-electron chi connectivity index (χ3n) is 6.80. The lowest BCUT2D eigenvalue weighted by Gasteiger charge is -2.45. The second-order valence-corrected chi connectivity index (χ2v) is 11.1. The second-order valence-electron chi connectivity index (χ2n) is 9.72. The number of amidine groups is 1. The van der Waals surface area contributed by atoms with E-state index in [2.05, 4.69) is 38.8 Å². The molecule has 3 heterocycles.